The third-order valence-corrected chi connectivity index (χ3v) is 6.47. The average Bonchev–Trinajstić information content (AvgIpc) is 2.82. The second-order valence-corrected chi connectivity index (χ2v) is 9.74. The van der Waals surface area contributed by atoms with Crippen LogP contribution in [0.5, 0.6) is 5.75 Å². The second-order valence-electron chi connectivity index (χ2n) is 9.74. The van der Waals surface area contributed by atoms with E-state index in [1.807, 2.05) is 30.3 Å². The number of rotatable bonds is 8. The van der Waals surface area contributed by atoms with Gasteiger partial charge in [-0.25, -0.2) is 9.18 Å². The molecule has 1 unspecified atom stereocenters. The van der Waals surface area contributed by atoms with Crippen LogP contribution in [0.15, 0.2) is 48.5 Å². The number of carbonyl (C=O) groups is 1. The van der Waals surface area contributed by atoms with Crippen molar-refractivity contribution in [3.05, 3.63) is 65.5 Å². The fraction of sp³-hybridized carbons (Fsp3) is 0.500. The van der Waals surface area contributed by atoms with Crippen LogP contribution >= 0.6 is 0 Å². The molecule has 1 atom stereocenters. The van der Waals surface area contributed by atoms with E-state index in [1.165, 1.54) is 42.9 Å². The molecule has 36 heavy (non-hydrogen) atoms. The van der Waals surface area contributed by atoms with Gasteiger partial charge in [-0.15, -0.1) is 0 Å². The van der Waals surface area contributed by atoms with Crippen LogP contribution in [0.3, 0.4) is 0 Å². The van der Waals surface area contributed by atoms with E-state index >= 15 is 0 Å². The molecule has 1 heterocycles. The Morgan fingerprint density at radius 2 is 1.67 bits per heavy atom. The predicted octanol–water partition coefficient (Wildman–Crippen LogP) is 4.75. The number of alkyl halides is 3. The van der Waals surface area contributed by atoms with Crippen molar-refractivity contribution in [2.45, 2.75) is 44.1 Å². The highest BCUT2D eigenvalue weighted by molar-refractivity contribution is 5.67. The molecule has 0 bridgehead atoms. The number of nitrogens with zero attached hydrogens (tertiary/aromatic N) is 2. The van der Waals surface area contributed by atoms with Gasteiger partial charge in [0, 0.05) is 38.3 Å². The van der Waals surface area contributed by atoms with Crippen LogP contribution in [0.1, 0.15) is 31.4 Å². The predicted molar refractivity (Wildman–Crippen MR) is 126 cm³/mol. The van der Waals surface area contributed by atoms with Crippen LogP contribution in [-0.2, 0) is 16.8 Å². The number of halogens is 4. The van der Waals surface area contributed by atoms with Gasteiger partial charge in [0.25, 0.3) is 0 Å². The van der Waals surface area contributed by atoms with Gasteiger partial charge in [0.1, 0.15) is 18.2 Å². The molecule has 10 heteroatoms. The average molecular weight is 513 g/mol. The molecule has 0 aliphatic carbocycles. The zero-order valence-electron chi connectivity index (χ0n) is 20.6. The van der Waals surface area contributed by atoms with E-state index in [0.717, 1.165) is 11.6 Å². The summed E-state index contributed by atoms with van der Waals surface area (Å²) in [5.74, 6) is -0.363. The summed E-state index contributed by atoms with van der Waals surface area (Å²) >= 11 is 0. The number of methoxy groups -OCH3 is 1. The van der Waals surface area contributed by atoms with Crippen molar-refractivity contribution in [1.29, 1.82) is 0 Å². The molecule has 1 amide bonds. The van der Waals surface area contributed by atoms with E-state index in [1.54, 1.807) is 0 Å². The molecule has 1 N–H and O–H groups in total. The summed E-state index contributed by atoms with van der Waals surface area (Å²) < 4.78 is 66.9. The van der Waals surface area contributed by atoms with E-state index in [9.17, 15) is 27.5 Å². The van der Waals surface area contributed by atoms with Crippen molar-refractivity contribution >= 4 is 6.09 Å². The van der Waals surface area contributed by atoms with Crippen LogP contribution < -0.4 is 4.74 Å². The molecular formula is C26H32F4N2O4. The van der Waals surface area contributed by atoms with E-state index in [4.69, 9.17) is 9.47 Å². The van der Waals surface area contributed by atoms with Gasteiger partial charge in [-0.3, -0.25) is 4.90 Å². The van der Waals surface area contributed by atoms with Gasteiger partial charge in [0.15, 0.2) is 5.60 Å². The zero-order chi connectivity index (χ0) is 26.6. The number of β-amino-alcohol motifs (C(OH)–C–C–N with tert-alkyl or cyclic N) is 1. The second kappa shape index (κ2) is 11.0. The maximum absolute atomic E-state index is 14.2. The highest BCUT2D eigenvalue weighted by atomic mass is 19.4. The van der Waals surface area contributed by atoms with E-state index < -0.39 is 42.1 Å². The van der Waals surface area contributed by atoms with Gasteiger partial charge < -0.3 is 19.5 Å². The van der Waals surface area contributed by atoms with Crippen molar-refractivity contribution in [1.82, 2.24) is 9.80 Å². The van der Waals surface area contributed by atoms with E-state index in [-0.39, 0.29) is 44.1 Å². The van der Waals surface area contributed by atoms with Gasteiger partial charge in [0.2, 0.25) is 0 Å². The molecule has 0 saturated carbocycles. The largest absolute Gasteiger partial charge is 0.496 e. The number of hydrogen-bond acceptors (Lipinski definition) is 5. The Labute approximate surface area is 208 Å². The maximum atomic E-state index is 14.2. The molecule has 1 aliphatic rings. The van der Waals surface area contributed by atoms with Crippen molar-refractivity contribution < 1.29 is 36.9 Å². The smallest absolute Gasteiger partial charge is 0.418 e. The Balaban J connectivity index is 1.65. The third-order valence-electron chi connectivity index (χ3n) is 6.47. The van der Waals surface area contributed by atoms with Crippen molar-refractivity contribution in [3.63, 3.8) is 0 Å². The summed E-state index contributed by atoms with van der Waals surface area (Å²) in [7, 11) is 1.35. The van der Waals surface area contributed by atoms with Gasteiger partial charge >= 0.3 is 12.3 Å². The molecule has 3 rings (SSSR count). The molecule has 0 spiro atoms. The standard InChI is InChI=1S/C26H32F4N2O4/c1-24(2,21-15-20(27)9-10-22(21)35-3)17-25(34,26(28,29)30)18-31-11-13-32(14-12-31)23(33)36-16-19-7-5-4-6-8-19/h4-10,15,34H,11-14,16-18H2,1-3H3. The molecule has 1 fully saturated rings. The zero-order valence-corrected chi connectivity index (χ0v) is 20.6. The first-order chi connectivity index (χ1) is 16.8. The summed E-state index contributed by atoms with van der Waals surface area (Å²) in [5.41, 5.74) is -3.26. The number of hydrogen-bond donors (Lipinski definition) is 1. The lowest BCUT2D eigenvalue weighted by atomic mass is 9.74. The lowest BCUT2D eigenvalue weighted by molar-refractivity contribution is -0.272. The van der Waals surface area contributed by atoms with Crippen LogP contribution in [0.2, 0.25) is 0 Å². The fourth-order valence-electron chi connectivity index (χ4n) is 4.55. The van der Waals surface area contributed by atoms with Crippen LogP contribution in [0, 0.1) is 5.82 Å². The first kappa shape index (κ1) is 27.7. The van der Waals surface area contributed by atoms with Gasteiger partial charge in [0.05, 0.1) is 7.11 Å². The number of ether oxygens (including phenoxy) is 2. The Hall–Kier alpha value is -2.85. The quantitative estimate of drug-likeness (QED) is 0.518. The minimum absolute atomic E-state index is 0.104. The molecule has 2 aromatic carbocycles. The van der Waals surface area contributed by atoms with Crippen LogP contribution in [0.4, 0.5) is 22.4 Å². The molecule has 1 saturated heterocycles. The van der Waals surface area contributed by atoms with Gasteiger partial charge in [-0.1, -0.05) is 44.2 Å². The Morgan fingerprint density at radius 3 is 2.25 bits per heavy atom. The molecule has 2 aromatic rings. The van der Waals surface area contributed by atoms with Crippen molar-refractivity contribution in [3.8, 4) is 5.75 Å². The summed E-state index contributed by atoms with van der Waals surface area (Å²) in [6.07, 6.45) is -6.18. The molecule has 6 nitrogen and oxygen atoms in total. The number of carbonyl (C=O) groups excluding carboxylic acids is 1. The minimum Gasteiger partial charge on any atom is -0.496 e. The highest BCUT2D eigenvalue weighted by Crippen LogP contribution is 2.44. The molecular weight excluding hydrogens is 480 g/mol. The topological polar surface area (TPSA) is 62.2 Å². The fourth-order valence-corrected chi connectivity index (χ4v) is 4.55. The number of piperazine rings is 1. The van der Waals surface area contributed by atoms with E-state index in [0.29, 0.717) is 0 Å². The van der Waals surface area contributed by atoms with Gasteiger partial charge in [-0.05, 0) is 35.6 Å². The van der Waals surface area contributed by atoms with E-state index in [2.05, 4.69) is 0 Å². The normalized spacial score (nSPS) is 16.9. The summed E-state index contributed by atoms with van der Waals surface area (Å²) in [6.45, 7) is 3.08. The summed E-state index contributed by atoms with van der Waals surface area (Å²) in [4.78, 5) is 15.3. The SMILES string of the molecule is COc1ccc(F)cc1C(C)(C)CC(O)(CN1CCN(C(=O)OCc2ccccc2)CC1)C(F)(F)F. The van der Waals surface area contributed by atoms with Crippen LogP contribution in [-0.4, -0.2) is 72.6 Å². The third kappa shape index (κ3) is 6.67. The van der Waals surface area contributed by atoms with Crippen LogP contribution in [0.25, 0.3) is 0 Å². The molecule has 198 valence electrons. The van der Waals surface area contributed by atoms with Crippen molar-refractivity contribution in [2.75, 3.05) is 39.8 Å². The lowest BCUT2D eigenvalue weighted by Crippen LogP contribution is -2.59. The first-order valence-electron chi connectivity index (χ1n) is 11.7. The molecule has 0 radical (unpaired) electrons. The highest BCUT2D eigenvalue weighted by Gasteiger charge is 2.57. The number of amides is 1. The van der Waals surface area contributed by atoms with Crippen molar-refractivity contribution in [2.24, 2.45) is 0 Å². The summed E-state index contributed by atoms with van der Waals surface area (Å²) in [6, 6.07) is 12.8. The number of benzene rings is 2. The maximum Gasteiger partial charge on any atom is 0.418 e. The Bertz CT molecular complexity index is 1020. The molecule has 0 aromatic heterocycles. The number of aliphatic hydroxyl groups is 1. The monoisotopic (exact) mass is 512 g/mol. The molecule has 1 aliphatic heterocycles. The lowest BCUT2D eigenvalue weighted by Gasteiger charge is -2.43. The first-order valence-corrected chi connectivity index (χ1v) is 11.7. The Kier molecular flexibility index (Phi) is 8.51. The minimum atomic E-state index is -4.93. The van der Waals surface area contributed by atoms with Gasteiger partial charge in [-0.2, -0.15) is 13.2 Å². The Morgan fingerprint density at radius 1 is 1.03 bits per heavy atom. The summed E-state index contributed by atoms with van der Waals surface area (Å²) in [5, 5.41) is 10.9.